The number of piperazine rings is 1. The van der Waals surface area contributed by atoms with Crippen LogP contribution in [-0.4, -0.2) is 76.5 Å². The van der Waals surface area contributed by atoms with Gasteiger partial charge in [-0.25, -0.2) is 18.1 Å². The second kappa shape index (κ2) is 8.39. The van der Waals surface area contributed by atoms with E-state index in [1.165, 1.54) is 57.9 Å². The molecule has 162 valence electrons. The van der Waals surface area contributed by atoms with E-state index in [9.17, 15) is 18.3 Å². The van der Waals surface area contributed by atoms with Crippen molar-refractivity contribution in [1.29, 1.82) is 0 Å². The summed E-state index contributed by atoms with van der Waals surface area (Å²) in [5.74, 6) is -0.272. The molecule has 11 heteroatoms. The van der Waals surface area contributed by atoms with Crippen LogP contribution in [0, 0.1) is 0 Å². The van der Waals surface area contributed by atoms with Crippen molar-refractivity contribution in [2.24, 2.45) is 0 Å². The summed E-state index contributed by atoms with van der Waals surface area (Å²) in [5.41, 5.74) is 0.294. The van der Waals surface area contributed by atoms with Gasteiger partial charge < -0.3 is 10.0 Å². The lowest BCUT2D eigenvalue weighted by molar-refractivity contribution is 0.103. The summed E-state index contributed by atoms with van der Waals surface area (Å²) < 4.78 is 28.4. The molecule has 1 aliphatic rings. The molecular formula is C20H20ClN5O4S. The Morgan fingerprint density at radius 1 is 1.10 bits per heavy atom. The lowest BCUT2D eigenvalue weighted by atomic mass is 10.1. The fourth-order valence-electron chi connectivity index (χ4n) is 3.25. The van der Waals surface area contributed by atoms with Crippen LogP contribution < -0.4 is 0 Å². The second-order valence-corrected chi connectivity index (χ2v) is 9.60. The normalized spacial score (nSPS) is 15.8. The van der Waals surface area contributed by atoms with E-state index in [-0.39, 0.29) is 21.8 Å². The zero-order valence-corrected chi connectivity index (χ0v) is 18.2. The molecule has 31 heavy (non-hydrogen) atoms. The average molecular weight is 462 g/mol. The van der Waals surface area contributed by atoms with E-state index in [1.807, 2.05) is 7.05 Å². The van der Waals surface area contributed by atoms with Gasteiger partial charge in [0.05, 0.1) is 17.3 Å². The van der Waals surface area contributed by atoms with Crippen LogP contribution in [0.5, 0.6) is 5.75 Å². The number of halogens is 1. The highest BCUT2D eigenvalue weighted by Gasteiger charge is 2.27. The molecule has 0 atom stereocenters. The van der Waals surface area contributed by atoms with E-state index in [4.69, 9.17) is 11.6 Å². The number of rotatable bonds is 5. The molecule has 0 radical (unpaired) electrons. The SMILES string of the molecule is CN1CCN(S(=O)(=O)c2ccc(-n3cc(C(=O)c4cc(Cl)ccc4O)cn3)nc2)CC1. The number of ketones is 1. The minimum Gasteiger partial charge on any atom is -0.507 e. The van der Waals surface area contributed by atoms with Crippen molar-refractivity contribution < 1.29 is 18.3 Å². The van der Waals surface area contributed by atoms with E-state index in [0.717, 1.165) is 0 Å². The van der Waals surface area contributed by atoms with E-state index in [2.05, 4.69) is 15.0 Å². The minimum absolute atomic E-state index is 0.0635. The van der Waals surface area contributed by atoms with Gasteiger partial charge in [-0.3, -0.25) is 4.79 Å². The predicted octanol–water partition coefficient (Wildman–Crippen LogP) is 1.79. The number of aromatic hydroxyl groups is 1. The van der Waals surface area contributed by atoms with Crippen molar-refractivity contribution in [2.75, 3.05) is 33.2 Å². The highest BCUT2D eigenvalue weighted by atomic mass is 35.5. The molecule has 0 saturated carbocycles. The van der Waals surface area contributed by atoms with Crippen molar-refractivity contribution in [3.8, 4) is 11.6 Å². The summed E-state index contributed by atoms with van der Waals surface area (Å²) >= 11 is 5.92. The minimum atomic E-state index is -3.62. The number of aromatic nitrogens is 3. The molecule has 2 aromatic heterocycles. The monoisotopic (exact) mass is 461 g/mol. The van der Waals surface area contributed by atoms with Gasteiger partial charge in [0.15, 0.2) is 11.6 Å². The van der Waals surface area contributed by atoms with Crippen LogP contribution in [0.2, 0.25) is 5.02 Å². The molecule has 1 saturated heterocycles. The number of sulfonamides is 1. The number of phenolic OH excluding ortho intramolecular Hbond substituents is 1. The van der Waals surface area contributed by atoms with Crippen molar-refractivity contribution in [3.05, 3.63) is 65.1 Å². The first kappa shape index (κ1) is 21.4. The number of likely N-dealkylation sites (N-methyl/N-ethyl adjacent to an activating group) is 1. The largest absolute Gasteiger partial charge is 0.507 e. The molecule has 3 aromatic rings. The molecule has 0 bridgehead atoms. The van der Waals surface area contributed by atoms with Crippen LogP contribution in [0.1, 0.15) is 15.9 Å². The molecule has 0 amide bonds. The fraction of sp³-hybridized carbons (Fsp3) is 0.250. The zero-order valence-electron chi connectivity index (χ0n) is 16.6. The third-order valence-electron chi connectivity index (χ3n) is 5.10. The standard InChI is InChI=1S/C20H20ClN5O4S/c1-24-6-8-25(9-7-24)31(29,30)16-3-5-19(22-12-16)26-13-14(11-23-26)20(28)17-10-15(21)2-4-18(17)27/h2-5,10-13,27H,6-9H2,1H3. The van der Waals surface area contributed by atoms with Crippen LogP contribution in [0.3, 0.4) is 0 Å². The summed E-state index contributed by atoms with van der Waals surface area (Å²) in [6.45, 7) is 2.22. The Morgan fingerprint density at radius 2 is 1.84 bits per heavy atom. The Balaban J connectivity index is 1.55. The van der Waals surface area contributed by atoms with Gasteiger partial charge in [0, 0.05) is 43.6 Å². The zero-order chi connectivity index (χ0) is 22.2. The topological polar surface area (TPSA) is 109 Å². The van der Waals surface area contributed by atoms with Gasteiger partial charge in [0.2, 0.25) is 10.0 Å². The maximum absolute atomic E-state index is 12.8. The number of pyridine rings is 1. The fourth-order valence-corrected chi connectivity index (χ4v) is 4.79. The molecule has 1 aliphatic heterocycles. The highest BCUT2D eigenvalue weighted by molar-refractivity contribution is 7.89. The number of carbonyl (C=O) groups is 1. The Morgan fingerprint density at radius 3 is 2.52 bits per heavy atom. The van der Waals surface area contributed by atoms with E-state index in [1.54, 1.807) is 0 Å². The summed E-state index contributed by atoms with van der Waals surface area (Å²) in [7, 11) is -1.66. The van der Waals surface area contributed by atoms with Crippen molar-refractivity contribution in [3.63, 3.8) is 0 Å². The number of hydrogen-bond acceptors (Lipinski definition) is 7. The summed E-state index contributed by atoms with van der Waals surface area (Å²) in [6.07, 6.45) is 4.09. The predicted molar refractivity (Wildman–Crippen MR) is 114 cm³/mol. The quantitative estimate of drug-likeness (QED) is 0.577. The lowest BCUT2D eigenvalue weighted by Crippen LogP contribution is -2.47. The van der Waals surface area contributed by atoms with Gasteiger partial charge in [-0.2, -0.15) is 9.40 Å². The molecular weight excluding hydrogens is 442 g/mol. The number of carbonyl (C=O) groups excluding carboxylic acids is 1. The van der Waals surface area contributed by atoms with Crippen LogP contribution in [0.25, 0.3) is 5.82 Å². The van der Waals surface area contributed by atoms with E-state index >= 15 is 0 Å². The van der Waals surface area contributed by atoms with Gasteiger partial charge in [-0.05, 0) is 37.4 Å². The third-order valence-corrected chi connectivity index (χ3v) is 7.22. The first-order valence-electron chi connectivity index (χ1n) is 9.49. The van der Waals surface area contributed by atoms with Gasteiger partial charge >= 0.3 is 0 Å². The molecule has 0 aliphatic carbocycles. The average Bonchev–Trinajstić information content (AvgIpc) is 3.26. The maximum Gasteiger partial charge on any atom is 0.244 e. The van der Waals surface area contributed by atoms with Crippen molar-refractivity contribution in [1.82, 2.24) is 24.0 Å². The summed E-state index contributed by atoms with van der Waals surface area (Å²) in [4.78, 5) is 19.1. The number of hydrogen-bond donors (Lipinski definition) is 1. The molecule has 0 spiro atoms. The van der Waals surface area contributed by atoms with Crippen LogP contribution in [0.4, 0.5) is 0 Å². The lowest BCUT2D eigenvalue weighted by Gasteiger charge is -2.31. The van der Waals surface area contributed by atoms with E-state index in [0.29, 0.717) is 37.0 Å². The Labute approximate surface area is 184 Å². The molecule has 3 heterocycles. The van der Waals surface area contributed by atoms with Crippen LogP contribution in [-0.2, 0) is 10.0 Å². The molecule has 1 fully saturated rings. The maximum atomic E-state index is 12.8. The number of phenols is 1. The molecule has 9 nitrogen and oxygen atoms in total. The highest BCUT2D eigenvalue weighted by Crippen LogP contribution is 2.24. The Hall–Kier alpha value is -2.79. The molecule has 4 rings (SSSR count). The van der Waals surface area contributed by atoms with Crippen LogP contribution in [0.15, 0.2) is 53.8 Å². The Kier molecular flexibility index (Phi) is 5.80. The first-order chi connectivity index (χ1) is 14.8. The Bertz CT molecular complexity index is 1220. The second-order valence-electron chi connectivity index (χ2n) is 7.22. The van der Waals surface area contributed by atoms with Gasteiger partial charge in [-0.15, -0.1) is 0 Å². The third kappa shape index (κ3) is 4.33. The van der Waals surface area contributed by atoms with Gasteiger partial charge in [-0.1, -0.05) is 11.6 Å². The number of benzene rings is 1. The van der Waals surface area contributed by atoms with E-state index < -0.39 is 15.8 Å². The molecule has 1 aromatic carbocycles. The van der Waals surface area contributed by atoms with Crippen LogP contribution >= 0.6 is 11.6 Å². The van der Waals surface area contributed by atoms with Crippen molar-refractivity contribution >= 4 is 27.4 Å². The first-order valence-corrected chi connectivity index (χ1v) is 11.3. The van der Waals surface area contributed by atoms with Gasteiger partial charge in [0.25, 0.3) is 0 Å². The molecule has 1 N–H and O–H groups in total. The van der Waals surface area contributed by atoms with Crippen molar-refractivity contribution in [2.45, 2.75) is 4.90 Å². The smallest absolute Gasteiger partial charge is 0.244 e. The number of nitrogens with zero attached hydrogens (tertiary/aromatic N) is 5. The van der Waals surface area contributed by atoms with Gasteiger partial charge in [0.1, 0.15) is 10.6 Å². The molecule has 0 unspecified atom stereocenters. The summed E-state index contributed by atoms with van der Waals surface area (Å²) in [5, 5.41) is 14.4. The summed E-state index contributed by atoms with van der Waals surface area (Å²) in [6, 6.07) is 7.22.